The molecule has 2 aromatic rings. The number of rotatable bonds is 8. The second-order valence-corrected chi connectivity index (χ2v) is 8.14. The molecule has 0 spiro atoms. The van der Waals surface area contributed by atoms with Crippen molar-refractivity contribution in [2.75, 3.05) is 11.9 Å². The van der Waals surface area contributed by atoms with E-state index in [0.717, 1.165) is 11.3 Å². The van der Waals surface area contributed by atoms with Gasteiger partial charge in [0.2, 0.25) is 0 Å². The first-order valence-corrected chi connectivity index (χ1v) is 10.2. The summed E-state index contributed by atoms with van der Waals surface area (Å²) in [4.78, 5) is 27.6. The molecule has 0 saturated heterocycles. The van der Waals surface area contributed by atoms with Gasteiger partial charge in [-0.15, -0.1) is 0 Å². The molecule has 1 amide bonds. The number of carboxylic acid groups (broad SMARTS) is 1. The highest BCUT2D eigenvalue weighted by Crippen LogP contribution is 2.29. The Morgan fingerprint density at radius 2 is 1.96 bits per heavy atom. The summed E-state index contributed by atoms with van der Waals surface area (Å²) in [6, 6.07) is 5.10. The molecule has 0 unspecified atom stereocenters. The molecular formula is C20H24N2O5S. The molecule has 28 heavy (non-hydrogen) atoms. The summed E-state index contributed by atoms with van der Waals surface area (Å²) in [6.07, 6.45) is 6.00. The average molecular weight is 404 g/mol. The lowest BCUT2D eigenvalue weighted by molar-refractivity contribution is 0.0701. The number of nitrogens with one attached hydrogen (secondary N) is 1. The first-order chi connectivity index (χ1) is 13.4. The monoisotopic (exact) mass is 404 g/mol. The quantitative estimate of drug-likeness (QED) is 0.675. The zero-order valence-electron chi connectivity index (χ0n) is 15.9. The molecule has 0 radical (unpaired) electrons. The van der Waals surface area contributed by atoms with Gasteiger partial charge in [-0.3, -0.25) is 10.1 Å². The molecule has 7 nitrogen and oxygen atoms in total. The Hall–Kier alpha value is -2.61. The predicted octanol–water partition coefficient (Wildman–Crippen LogP) is 4.45. The van der Waals surface area contributed by atoms with Crippen molar-refractivity contribution in [3.8, 4) is 11.5 Å². The first kappa shape index (κ1) is 20.1. The molecule has 1 saturated carbocycles. The number of nitrogens with zero attached hydrogens (tertiary/aromatic N) is 1. The minimum Gasteiger partial charge on any atom is -0.493 e. The van der Waals surface area contributed by atoms with Gasteiger partial charge in [0.1, 0.15) is 16.4 Å². The Bertz CT molecular complexity index is 843. The van der Waals surface area contributed by atoms with E-state index in [0.29, 0.717) is 29.6 Å². The van der Waals surface area contributed by atoms with Crippen LogP contribution in [0.2, 0.25) is 0 Å². The zero-order valence-corrected chi connectivity index (χ0v) is 16.8. The van der Waals surface area contributed by atoms with E-state index in [9.17, 15) is 9.59 Å². The molecule has 0 bridgehead atoms. The number of aromatic carboxylic acids is 1. The molecule has 8 heteroatoms. The molecule has 0 aliphatic heterocycles. The number of carboxylic acids is 1. The second-order valence-electron chi connectivity index (χ2n) is 7.11. The lowest BCUT2D eigenvalue weighted by Crippen LogP contribution is -2.14. The van der Waals surface area contributed by atoms with Crippen LogP contribution in [0, 0.1) is 5.92 Å². The molecule has 150 valence electrons. The number of hydrogen-bond acceptors (Lipinski definition) is 6. The van der Waals surface area contributed by atoms with Gasteiger partial charge in [-0.2, -0.15) is 0 Å². The number of aromatic nitrogens is 1. The minimum absolute atomic E-state index is 0.0434. The summed E-state index contributed by atoms with van der Waals surface area (Å²) < 4.78 is 11.7. The van der Waals surface area contributed by atoms with Crippen LogP contribution in [0.5, 0.6) is 11.5 Å². The molecule has 1 fully saturated rings. The van der Waals surface area contributed by atoms with Crippen LogP contribution in [-0.4, -0.2) is 34.7 Å². The van der Waals surface area contributed by atoms with Crippen LogP contribution in [-0.2, 0) is 0 Å². The van der Waals surface area contributed by atoms with Crippen LogP contribution in [0.1, 0.15) is 59.6 Å². The minimum atomic E-state index is -1.08. The third kappa shape index (κ3) is 5.45. The van der Waals surface area contributed by atoms with Gasteiger partial charge in [0.15, 0.2) is 5.13 Å². The zero-order chi connectivity index (χ0) is 20.1. The normalized spacial score (nSPS) is 14.2. The van der Waals surface area contributed by atoms with Crippen LogP contribution in [0.15, 0.2) is 24.4 Å². The predicted molar refractivity (Wildman–Crippen MR) is 107 cm³/mol. The molecule has 3 rings (SSSR count). The van der Waals surface area contributed by atoms with Crippen molar-refractivity contribution in [2.45, 2.75) is 45.6 Å². The summed E-state index contributed by atoms with van der Waals surface area (Å²) >= 11 is 0.905. The Labute approximate surface area is 167 Å². The smallest absolute Gasteiger partial charge is 0.347 e. The Morgan fingerprint density at radius 1 is 1.25 bits per heavy atom. The van der Waals surface area contributed by atoms with E-state index in [4.69, 9.17) is 14.6 Å². The fourth-order valence-corrected chi connectivity index (χ4v) is 3.77. The van der Waals surface area contributed by atoms with Gasteiger partial charge < -0.3 is 14.6 Å². The van der Waals surface area contributed by atoms with Crippen molar-refractivity contribution < 1.29 is 24.2 Å². The van der Waals surface area contributed by atoms with Gasteiger partial charge in [0.25, 0.3) is 5.91 Å². The lowest BCUT2D eigenvalue weighted by atomic mass is 10.1. The van der Waals surface area contributed by atoms with Gasteiger partial charge >= 0.3 is 5.97 Å². The number of carbonyl (C=O) groups is 2. The van der Waals surface area contributed by atoms with Crippen molar-refractivity contribution in [3.63, 3.8) is 0 Å². The largest absolute Gasteiger partial charge is 0.493 e. The van der Waals surface area contributed by atoms with E-state index in [-0.39, 0.29) is 16.1 Å². The standard InChI is InChI=1S/C20H24N2O5S/c1-12(2)27-16-8-14(7-15(9-16)26-11-13-5-3-4-6-13)18(23)22-20-21-10-17(28-20)19(24)25/h7-10,12-13H,3-6,11H2,1-2H3,(H,24,25)(H,21,22,23). The van der Waals surface area contributed by atoms with E-state index >= 15 is 0 Å². The van der Waals surface area contributed by atoms with Crippen molar-refractivity contribution in [1.29, 1.82) is 0 Å². The number of ether oxygens (including phenoxy) is 2. The van der Waals surface area contributed by atoms with E-state index in [2.05, 4.69) is 10.3 Å². The lowest BCUT2D eigenvalue weighted by Gasteiger charge is -2.15. The SMILES string of the molecule is CC(C)Oc1cc(OCC2CCCC2)cc(C(=O)Nc2ncc(C(=O)O)s2)c1. The summed E-state index contributed by atoms with van der Waals surface area (Å²) in [5, 5.41) is 11.8. The van der Waals surface area contributed by atoms with Crippen LogP contribution >= 0.6 is 11.3 Å². The van der Waals surface area contributed by atoms with Gasteiger partial charge in [0.05, 0.1) is 18.9 Å². The van der Waals surface area contributed by atoms with Crippen molar-refractivity contribution in [3.05, 3.63) is 34.8 Å². The number of thiazole rings is 1. The van der Waals surface area contributed by atoms with E-state index in [1.165, 1.54) is 31.9 Å². The highest BCUT2D eigenvalue weighted by molar-refractivity contribution is 7.17. The van der Waals surface area contributed by atoms with Gasteiger partial charge in [-0.05, 0) is 44.7 Å². The average Bonchev–Trinajstić information content (AvgIpc) is 3.31. The van der Waals surface area contributed by atoms with Crippen LogP contribution < -0.4 is 14.8 Å². The van der Waals surface area contributed by atoms with Crippen molar-refractivity contribution >= 4 is 28.3 Å². The maximum Gasteiger partial charge on any atom is 0.347 e. The third-order valence-electron chi connectivity index (χ3n) is 4.41. The summed E-state index contributed by atoms with van der Waals surface area (Å²) in [5.74, 6) is 0.214. The molecule has 0 atom stereocenters. The van der Waals surface area contributed by atoms with Crippen LogP contribution in [0.25, 0.3) is 0 Å². The molecule has 1 aliphatic rings. The molecule has 2 N–H and O–H groups in total. The van der Waals surface area contributed by atoms with Crippen molar-refractivity contribution in [1.82, 2.24) is 4.98 Å². The maximum atomic E-state index is 12.6. The molecule has 1 aliphatic carbocycles. The first-order valence-electron chi connectivity index (χ1n) is 9.35. The van der Waals surface area contributed by atoms with E-state index in [1.54, 1.807) is 18.2 Å². The molecule has 1 heterocycles. The number of carbonyl (C=O) groups excluding carboxylic acids is 1. The molecule has 1 aromatic carbocycles. The van der Waals surface area contributed by atoms with Crippen LogP contribution in [0.3, 0.4) is 0 Å². The number of amides is 1. The summed E-state index contributed by atoms with van der Waals surface area (Å²) in [6.45, 7) is 4.45. The summed E-state index contributed by atoms with van der Waals surface area (Å²) in [7, 11) is 0. The second kappa shape index (κ2) is 9.05. The van der Waals surface area contributed by atoms with Gasteiger partial charge in [0, 0.05) is 11.6 Å². The summed E-state index contributed by atoms with van der Waals surface area (Å²) in [5.41, 5.74) is 0.367. The number of benzene rings is 1. The highest BCUT2D eigenvalue weighted by atomic mass is 32.1. The van der Waals surface area contributed by atoms with Crippen LogP contribution in [0.4, 0.5) is 5.13 Å². The van der Waals surface area contributed by atoms with E-state index in [1.807, 2.05) is 13.8 Å². The van der Waals surface area contributed by atoms with Crippen molar-refractivity contribution in [2.24, 2.45) is 5.92 Å². The van der Waals surface area contributed by atoms with Gasteiger partial charge in [-0.25, -0.2) is 9.78 Å². The molecule has 1 aromatic heterocycles. The third-order valence-corrected chi connectivity index (χ3v) is 5.31. The Kier molecular flexibility index (Phi) is 6.51. The maximum absolute atomic E-state index is 12.6. The Balaban J connectivity index is 1.75. The molecular weight excluding hydrogens is 380 g/mol. The fourth-order valence-electron chi connectivity index (χ4n) is 3.12. The van der Waals surface area contributed by atoms with Gasteiger partial charge in [-0.1, -0.05) is 24.2 Å². The highest BCUT2D eigenvalue weighted by Gasteiger charge is 2.18. The Morgan fingerprint density at radius 3 is 2.61 bits per heavy atom. The van der Waals surface area contributed by atoms with E-state index < -0.39 is 11.9 Å². The topological polar surface area (TPSA) is 97.8 Å². The number of hydrogen-bond donors (Lipinski definition) is 2. The fraction of sp³-hybridized carbons (Fsp3) is 0.450. The number of anilines is 1.